The summed E-state index contributed by atoms with van der Waals surface area (Å²) in [6, 6.07) is 0. The van der Waals surface area contributed by atoms with Crippen LogP contribution in [-0.2, 0) is 7.86 Å². The number of carbonyl (C=O) groups is 1. The van der Waals surface area contributed by atoms with E-state index >= 15 is 0 Å². The SMILES string of the molecule is O=C1CCCN1CCOI. The van der Waals surface area contributed by atoms with E-state index in [0.29, 0.717) is 6.61 Å². The molecular formula is C6H10INO2. The van der Waals surface area contributed by atoms with Crippen molar-refractivity contribution < 1.29 is 7.86 Å². The average molecular weight is 255 g/mol. The Bertz CT molecular complexity index is 129. The maximum atomic E-state index is 10.9. The molecule has 0 aromatic heterocycles. The van der Waals surface area contributed by atoms with E-state index < -0.39 is 0 Å². The van der Waals surface area contributed by atoms with Crippen molar-refractivity contribution in [3.05, 3.63) is 0 Å². The molecule has 1 rings (SSSR count). The van der Waals surface area contributed by atoms with Crippen LogP contribution < -0.4 is 0 Å². The van der Waals surface area contributed by atoms with Crippen LogP contribution >= 0.6 is 23.0 Å². The van der Waals surface area contributed by atoms with Crippen LogP contribution in [0.1, 0.15) is 12.8 Å². The van der Waals surface area contributed by atoms with Gasteiger partial charge in [-0.15, -0.1) is 0 Å². The lowest BCUT2D eigenvalue weighted by Crippen LogP contribution is -2.27. The molecule has 0 aliphatic carbocycles. The van der Waals surface area contributed by atoms with Gasteiger partial charge in [0, 0.05) is 19.5 Å². The van der Waals surface area contributed by atoms with Crippen molar-refractivity contribution in [1.82, 2.24) is 4.90 Å². The second-order valence-corrected chi connectivity index (χ2v) is 2.92. The number of hydrogen-bond acceptors (Lipinski definition) is 2. The topological polar surface area (TPSA) is 29.5 Å². The Morgan fingerprint density at radius 1 is 1.70 bits per heavy atom. The molecule has 1 aliphatic heterocycles. The van der Waals surface area contributed by atoms with Crippen LogP contribution in [0.4, 0.5) is 0 Å². The first-order valence-electron chi connectivity index (χ1n) is 3.36. The second-order valence-electron chi connectivity index (χ2n) is 2.30. The third-order valence-electron chi connectivity index (χ3n) is 1.61. The van der Waals surface area contributed by atoms with Gasteiger partial charge < -0.3 is 7.97 Å². The van der Waals surface area contributed by atoms with E-state index in [4.69, 9.17) is 3.07 Å². The minimum Gasteiger partial charge on any atom is -0.340 e. The molecule has 10 heavy (non-hydrogen) atoms. The lowest BCUT2D eigenvalue weighted by atomic mass is 10.4. The molecule has 3 nitrogen and oxygen atoms in total. The summed E-state index contributed by atoms with van der Waals surface area (Å²) < 4.78 is 4.83. The fraction of sp³-hybridized carbons (Fsp3) is 0.833. The highest BCUT2D eigenvalue weighted by atomic mass is 127. The number of likely N-dealkylation sites (tertiary alicyclic amines) is 1. The largest absolute Gasteiger partial charge is 0.340 e. The molecule has 1 saturated heterocycles. The summed E-state index contributed by atoms with van der Waals surface area (Å²) in [4.78, 5) is 12.8. The van der Waals surface area contributed by atoms with Gasteiger partial charge in [-0.25, -0.2) is 0 Å². The number of amides is 1. The average Bonchev–Trinajstić information content (AvgIpc) is 2.31. The summed E-state index contributed by atoms with van der Waals surface area (Å²) in [5.41, 5.74) is 0. The van der Waals surface area contributed by atoms with Gasteiger partial charge in [0.05, 0.1) is 6.61 Å². The Labute approximate surface area is 74.4 Å². The zero-order chi connectivity index (χ0) is 7.40. The summed E-state index contributed by atoms with van der Waals surface area (Å²) >= 11 is 1.84. The van der Waals surface area contributed by atoms with Gasteiger partial charge >= 0.3 is 0 Å². The van der Waals surface area contributed by atoms with Gasteiger partial charge in [-0.05, 0) is 6.42 Å². The van der Waals surface area contributed by atoms with E-state index in [-0.39, 0.29) is 5.91 Å². The fourth-order valence-corrected chi connectivity index (χ4v) is 1.28. The van der Waals surface area contributed by atoms with Gasteiger partial charge in [-0.1, -0.05) is 0 Å². The predicted molar refractivity (Wildman–Crippen MR) is 45.8 cm³/mol. The van der Waals surface area contributed by atoms with Crippen LogP contribution in [0.5, 0.6) is 0 Å². The van der Waals surface area contributed by atoms with E-state index in [2.05, 4.69) is 0 Å². The van der Waals surface area contributed by atoms with E-state index in [9.17, 15) is 4.79 Å². The Morgan fingerprint density at radius 2 is 2.50 bits per heavy atom. The maximum absolute atomic E-state index is 10.9. The second kappa shape index (κ2) is 4.12. The van der Waals surface area contributed by atoms with E-state index in [1.807, 2.05) is 27.9 Å². The molecule has 0 atom stereocenters. The van der Waals surface area contributed by atoms with Crippen molar-refractivity contribution in [3.63, 3.8) is 0 Å². The van der Waals surface area contributed by atoms with Crippen LogP contribution in [-0.4, -0.2) is 30.5 Å². The number of nitrogens with zero attached hydrogens (tertiary/aromatic N) is 1. The highest BCUT2D eigenvalue weighted by Gasteiger charge is 2.18. The number of hydrogen-bond donors (Lipinski definition) is 0. The summed E-state index contributed by atoms with van der Waals surface area (Å²) in [5, 5.41) is 0. The zero-order valence-corrected chi connectivity index (χ0v) is 7.83. The van der Waals surface area contributed by atoms with Crippen molar-refractivity contribution in [2.45, 2.75) is 12.8 Å². The van der Waals surface area contributed by atoms with Gasteiger partial charge in [-0.3, -0.25) is 4.79 Å². The third-order valence-corrected chi connectivity index (χ3v) is 2.05. The van der Waals surface area contributed by atoms with E-state index in [0.717, 1.165) is 25.9 Å². The van der Waals surface area contributed by atoms with Crippen LogP contribution in [0.3, 0.4) is 0 Å². The number of rotatable bonds is 3. The van der Waals surface area contributed by atoms with Gasteiger partial charge in [0.15, 0.2) is 0 Å². The fourth-order valence-electron chi connectivity index (χ4n) is 1.09. The molecule has 0 saturated carbocycles. The molecule has 0 aromatic carbocycles. The van der Waals surface area contributed by atoms with Gasteiger partial charge in [0.1, 0.15) is 23.0 Å². The monoisotopic (exact) mass is 255 g/mol. The van der Waals surface area contributed by atoms with Crippen LogP contribution in [0.2, 0.25) is 0 Å². The van der Waals surface area contributed by atoms with Crippen molar-refractivity contribution in [2.24, 2.45) is 0 Å². The number of carbonyl (C=O) groups excluding carboxylic acids is 1. The molecule has 58 valence electrons. The summed E-state index contributed by atoms with van der Waals surface area (Å²) in [6.45, 7) is 2.31. The molecule has 1 fully saturated rings. The third kappa shape index (κ3) is 2.09. The molecule has 0 unspecified atom stereocenters. The Kier molecular flexibility index (Phi) is 3.41. The minimum absolute atomic E-state index is 0.272. The summed E-state index contributed by atoms with van der Waals surface area (Å²) in [6.07, 6.45) is 1.74. The molecule has 1 heterocycles. The normalized spacial score (nSPS) is 18.5. The molecule has 1 amide bonds. The minimum atomic E-state index is 0.272. The molecule has 0 radical (unpaired) electrons. The van der Waals surface area contributed by atoms with E-state index in [1.54, 1.807) is 0 Å². The zero-order valence-electron chi connectivity index (χ0n) is 5.68. The lowest BCUT2D eigenvalue weighted by molar-refractivity contribution is -0.127. The highest BCUT2D eigenvalue weighted by molar-refractivity contribution is 14.1. The predicted octanol–water partition coefficient (Wildman–Crippen LogP) is 0.975. The Morgan fingerprint density at radius 3 is 3.00 bits per heavy atom. The molecule has 1 aliphatic rings. The number of halogens is 1. The standard InChI is InChI=1S/C6H10INO2/c7-10-5-4-8-3-1-2-6(8)9/h1-5H2. The molecule has 0 aromatic rings. The van der Waals surface area contributed by atoms with Crippen molar-refractivity contribution >= 4 is 28.9 Å². The first-order valence-corrected chi connectivity index (χ1v) is 4.24. The maximum Gasteiger partial charge on any atom is 0.222 e. The van der Waals surface area contributed by atoms with Gasteiger partial charge in [-0.2, -0.15) is 0 Å². The van der Waals surface area contributed by atoms with Crippen LogP contribution in [0, 0.1) is 0 Å². The Hall–Kier alpha value is 0.160. The van der Waals surface area contributed by atoms with Gasteiger partial charge in [0.2, 0.25) is 5.91 Å². The lowest BCUT2D eigenvalue weighted by Gasteiger charge is -2.13. The van der Waals surface area contributed by atoms with E-state index in [1.165, 1.54) is 0 Å². The first-order chi connectivity index (χ1) is 4.84. The summed E-state index contributed by atoms with van der Waals surface area (Å²) in [5.74, 6) is 0.272. The Balaban J connectivity index is 2.20. The molecule has 0 N–H and O–H groups in total. The van der Waals surface area contributed by atoms with Gasteiger partial charge in [0.25, 0.3) is 0 Å². The van der Waals surface area contributed by atoms with Crippen LogP contribution in [0.15, 0.2) is 0 Å². The molecular weight excluding hydrogens is 245 g/mol. The molecule has 4 heteroatoms. The molecule has 0 spiro atoms. The van der Waals surface area contributed by atoms with Crippen LogP contribution in [0.25, 0.3) is 0 Å². The summed E-state index contributed by atoms with van der Waals surface area (Å²) in [7, 11) is 0. The quantitative estimate of drug-likeness (QED) is 0.703. The highest BCUT2D eigenvalue weighted by Crippen LogP contribution is 2.08. The van der Waals surface area contributed by atoms with Crippen molar-refractivity contribution in [1.29, 1.82) is 0 Å². The van der Waals surface area contributed by atoms with Crippen molar-refractivity contribution in [3.8, 4) is 0 Å². The first kappa shape index (κ1) is 8.26. The molecule has 0 bridgehead atoms. The van der Waals surface area contributed by atoms with Crippen molar-refractivity contribution in [2.75, 3.05) is 19.7 Å². The smallest absolute Gasteiger partial charge is 0.222 e.